The molecule has 0 bridgehead atoms. The minimum absolute atomic E-state index is 0.0596. The maximum atomic E-state index is 11.4. The Morgan fingerprint density at radius 1 is 0.625 bits per heavy atom. The summed E-state index contributed by atoms with van der Waals surface area (Å²) in [6, 6.07) is 46.6. The van der Waals surface area contributed by atoms with Crippen molar-refractivity contribution in [1.29, 1.82) is 0 Å². The van der Waals surface area contributed by atoms with Crippen LogP contribution in [0.5, 0.6) is 0 Å². The third-order valence-corrected chi connectivity index (χ3v) is 9.62. The molecule has 6 aromatic rings. The fourth-order valence-corrected chi connectivity index (χ4v) is 7.02. The van der Waals surface area contributed by atoms with Crippen LogP contribution in [-0.4, -0.2) is 50.9 Å². The first-order chi connectivity index (χ1) is 23.5. The molecule has 1 unspecified atom stereocenters. The molecule has 1 aliphatic rings. The smallest absolute Gasteiger partial charge is 0.163 e. The van der Waals surface area contributed by atoms with Gasteiger partial charge in [-0.15, -0.1) is 0 Å². The van der Waals surface area contributed by atoms with Crippen LogP contribution in [0.3, 0.4) is 0 Å². The molecule has 3 N–H and O–H groups in total. The molecule has 0 saturated carbocycles. The Balaban J connectivity index is 1.24. The molecule has 0 aliphatic carbocycles. The van der Waals surface area contributed by atoms with Gasteiger partial charge in [-0.05, 0) is 52.3 Å². The summed E-state index contributed by atoms with van der Waals surface area (Å²) in [7, 11) is 0. The molecule has 0 spiro atoms. The number of para-hydroxylation sites is 1. The Hall–Kier alpha value is -4.56. The largest absolute Gasteiger partial charge is 0.387 e. The van der Waals surface area contributed by atoms with Gasteiger partial charge >= 0.3 is 0 Å². The van der Waals surface area contributed by atoms with Crippen molar-refractivity contribution in [3.63, 3.8) is 0 Å². The third kappa shape index (κ3) is 5.98. The lowest BCUT2D eigenvalue weighted by Crippen LogP contribution is -2.57. The molecular weight excluding hydrogens is 598 g/mol. The molecule has 6 heteroatoms. The molecule has 0 radical (unpaired) electrons. The van der Waals surface area contributed by atoms with Crippen molar-refractivity contribution in [1.82, 2.24) is 4.57 Å². The molecule has 244 valence electrons. The minimum atomic E-state index is -1.46. The van der Waals surface area contributed by atoms with Gasteiger partial charge < -0.3 is 29.4 Å². The van der Waals surface area contributed by atoms with Gasteiger partial charge in [0.2, 0.25) is 0 Å². The molecular formula is C42H41NO5. The Kier molecular flexibility index (Phi) is 9.26. The molecule has 7 rings (SSSR count). The zero-order valence-corrected chi connectivity index (χ0v) is 27.0. The van der Waals surface area contributed by atoms with E-state index in [-0.39, 0.29) is 6.61 Å². The van der Waals surface area contributed by atoms with Gasteiger partial charge in [-0.2, -0.15) is 0 Å². The van der Waals surface area contributed by atoms with E-state index in [1.807, 2.05) is 120 Å². The molecule has 1 aromatic heterocycles. The van der Waals surface area contributed by atoms with Crippen LogP contribution in [0.1, 0.15) is 46.5 Å². The monoisotopic (exact) mass is 639 g/mol. The van der Waals surface area contributed by atoms with Crippen molar-refractivity contribution in [3.8, 4) is 0 Å². The lowest BCUT2D eigenvalue weighted by molar-refractivity contribution is -0.257. The number of benzene rings is 5. The van der Waals surface area contributed by atoms with Gasteiger partial charge in [0.25, 0.3) is 0 Å². The van der Waals surface area contributed by atoms with Crippen molar-refractivity contribution in [2.24, 2.45) is 0 Å². The Morgan fingerprint density at radius 3 is 1.71 bits per heavy atom. The highest BCUT2D eigenvalue weighted by atomic mass is 16.6. The lowest BCUT2D eigenvalue weighted by Gasteiger charge is -2.43. The molecule has 0 amide bonds. The summed E-state index contributed by atoms with van der Waals surface area (Å²) >= 11 is 0. The summed E-state index contributed by atoms with van der Waals surface area (Å²) in [6.45, 7) is 2.09. The Morgan fingerprint density at radius 2 is 1.15 bits per heavy atom. The van der Waals surface area contributed by atoms with Gasteiger partial charge in [0, 0.05) is 11.6 Å². The highest BCUT2D eigenvalue weighted by Crippen LogP contribution is 2.42. The van der Waals surface area contributed by atoms with Crippen LogP contribution in [0.25, 0.3) is 10.9 Å². The number of aromatic nitrogens is 1. The first kappa shape index (κ1) is 32.0. The summed E-state index contributed by atoms with van der Waals surface area (Å²) in [5, 5.41) is 35.0. The van der Waals surface area contributed by atoms with Gasteiger partial charge in [0.05, 0.1) is 12.1 Å². The summed E-state index contributed by atoms with van der Waals surface area (Å²) in [6.07, 6.45) is -2.43. The highest BCUT2D eigenvalue weighted by molar-refractivity contribution is 5.84. The molecule has 48 heavy (non-hydrogen) atoms. The minimum Gasteiger partial charge on any atom is -0.387 e. The number of aryl methyl sites for hydroxylation is 1. The van der Waals surface area contributed by atoms with Gasteiger partial charge in [-0.3, -0.25) is 0 Å². The first-order valence-corrected chi connectivity index (χ1v) is 16.7. The van der Waals surface area contributed by atoms with E-state index in [0.29, 0.717) is 6.42 Å². The number of ether oxygens (including phenoxy) is 2. The van der Waals surface area contributed by atoms with Crippen molar-refractivity contribution in [2.75, 3.05) is 6.61 Å². The van der Waals surface area contributed by atoms with E-state index in [1.54, 1.807) is 0 Å². The highest BCUT2D eigenvalue weighted by Gasteiger charge is 2.47. The van der Waals surface area contributed by atoms with E-state index < -0.39 is 36.2 Å². The second-order valence-corrected chi connectivity index (χ2v) is 12.6. The summed E-state index contributed by atoms with van der Waals surface area (Å²) in [5.74, 6) is 0. The molecule has 1 aliphatic heterocycles. The number of fused-ring (bicyclic) bond motifs is 1. The molecule has 6 nitrogen and oxygen atoms in total. The average molecular weight is 640 g/mol. The van der Waals surface area contributed by atoms with Gasteiger partial charge in [0.1, 0.15) is 30.0 Å². The maximum absolute atomic E-state index is 11.4. The van der Waals surface area contributed by atoms with Crippen LogP contribution < -0.4 is 0 Å². The van der Waals surface area contributed by atoms with Crippen LogP contribution in [0.15, 0.2) is 146 Å². The molecule has 1 fully saturated rings. The van der Waals surface area contributed by atoms with Crippen molar-refractivity contribution < 1.29 is 24.8 Å². The lowest BCUT2D eigenvalue weighted by atomic mass is 9.80. The first-order valence-electron chi connectivity index (χ1n) is 16.7. The van der Waals surface area contributed by atoms with E-state index in [2.05, 4.69) is 37.3 Å². The Bertz CT molecular complexity index is 1830. The van der Waals surface area contributed by atoms with Crippen LogP contribution >= 0.6 is 0 Å². The van der Waals surface area contributed by atoms with E-state index >= 15 is 0 Å². The number of hydrogen-bond donors (Lipinski definition) is 3. The van der Waals surface area contributed by atoms with Crippen LogP contribution in [0.2, 0.25) is 0 Å². The normalized spacial score (nSPS) is 21.4. The van der Waals surface area contributed by atoms with Crippen LogP contribution in [0, 0.1) is 0 Å². The van der Waals surface area contributed by atoms with Crippen molar-refractivity contribution >= 4 is 10.9 Å². The third-order valence-electron chi connectivity index (χ3n) is 9.62. The van der Waals surface area contributed by atoms with E-state index in [0.717, 1.165) is 39.6 Å². The number of rotatable bonds is 10. The van der Waals surface area contributed by atoms with Gasteiger partial charge in [0.15, 0.2) is 6.23 Å². The number of hydrogen-bond acceptors (Lipinski definition) is 5. The molecule has 2 heterocycles. The Labute approximate surface area is 281 Å². The SMILES string of the molecule is CCc1ccc(Cc2cn(C3O[C@H](COC(c4ccccc4)(c4ccccc4)c4ccccc4)[C@@H](O)[C@H](O)[C@H]3O)c3ccccc23)cc1. The van der Waals surface area contributed by atoms with Crippen molar-refractivity contribution in [2.45, 2.75) is 56.0 Å². The standard InChI is InChI=1S/C42H41NO5/c1-2-29-22-24-30(25-23-29)26-31-27-43(36-21-13-12-20-35(31)36)41-40(46)39(45)38(44)37(48-41)28-47-42(32-14-6-3-7-15-32,33-16-8-4-9-17-33)34-18-10-5-11-19-34/h3-25,27,37-41,44-46H,2,26,28H2,1H3/t37-,38-,39+,40-,41?/m1/s1. The van der Waals surface area contributed by atoms with Gasteiger partial charge in [-0.25, -0.2) is 0 Å². The molecule has 5 aromatic carbocycles. The average Bonchev–Trinajstić information content (AvgIpc) is 3.51. The molecule has 1 saturated heterocycles. The number of aliphatic hydroxyl groups is 3. The number of nitrogens with zero attached hydrogens (tertiary/aromatic N) is 1. The second kappa shape index (κ2) is 13.9. The summed E-state index contributed by atoms with van der Waals surface area (Å²) < 4.78 is 15.4. The van der Waals surface area contributed by atoms with Crippen LogP contribution in [0.4, 0.5) is 0 Å². The van der Waals surface area contributed by atoms with E-state index in [4.69, 9.17) is 9.47 Å². The summed E-state index contributed by atoms with van der Waals surface area (Å²) in [4.78, 5) is 0. The zero-order valence-electron chi connectivity index (χ0n) is 27.0. The fraction of sp³-hybridized carbons (Fsp3) is 0.238. The predicted molar refractivity (Wildman–Crippen MR) is 188 cm³/mol. The van der Waals surface area contributed by atoms with Crippen molar-refractivity contribution in [3.05, 3.63) is 179 Å². The maximum Gasteiger partial charge on any atom is 0.163 e. The summed E-state index contributed by atoms with van der Waals surface area (Å²) in [5.41, 5.74) is 6.13. The van der Waals surface area contributed by atoms with Crippen LogP contribution in [-0.2, 0) is 27.9 Å². The predicted octanol–water partition coefficient (Wildman–Crippen LogP) is 6.78. The quantitative estimate of drug-likeness (QED) is 0.144. The fourth-order valence-electron chi connectivity index (χ4n) is 7.02. The zero-order chi connectivity index (χ0) is 33.1. The van der Waals surface area contributed by atoms with E-state index in [9.17, 15) is 15.3 Å². The molecule has 5 atom stereocenters. The number of aliphatic hydroxyl groups excluding tert-OH is 3. The second-order valence-electron chi connectivity index (χ2n) is 12.6. The van der Waals surface area contributed by atoms with Gasteiger partial charge in [-0.1, -0.05) is 140 Å². The topological polar surface area (TPSA) is 84.1 Å². The van der Waals surface area contributed by atoms with E-state index in [1.165, 1.54) is 11.1 Å².